The fourth-order valence-corrected chi connectivity index (χ4v) is 7.15. The van der Waals surface area contributed by atoms with E-state index in [4.69, 9.17) is 16.6 Å². The molecule has 0 bridgehead atoms. The number of thiazole rings is 1. The summed E-state index contributed by atoms with van der Waals surface area (Å²) < 4.78 is 14.0. The maximum Gasteiger partial charge on any atom is 0.245 e. The van der Waals surface area contributed by atoms with Gasteiger partial charge in [-0.2, -0.15) is 5.26 Å². The van der Waals surface area contributed by atoms with E-state index in [1.807, 2.05) is 12.4 Å². The van der Waals surface area contributed by atoms with Gasteiger partial charge in [-0.05, 0) is 67.7 Å². The molecule has 0 unspecified atom stereocenters. The highest BCUT2D eigenvalue weighted by atomic mass is 35.5. The third kappa shape index (κ3) is 4.01. The first kappa shape index (κ1) is 24.8. The monoisotopic (exact) mass is 545 g/mol. The number of aryl methyl sites for hydroxylation is 1. The molecule has 1 spiro atoms. The highest BCUT2D eigenvalue weighted by molar-refractivity contribution is 7.11. The van der Waals surface area contributed by atoms with Gasteiger partial charge in [0.2, 0.25) is 5.91 Å². The summed E-state index contributed by atoms with van der Waals surface area (Å²) in [6, 6.07) is 6.74. The van der Waals surface area contributed by atoms with Crippen LogP contribution in [0.15, 0.2) is 36.4 Å². The van der Waals surface area contributed by atoms with Gasteiger partial charge in [-0.15, -0.1) is 11.3 Å². The van der Waals surface area contributed by atoms with E-state index in [-0.39, 0.29) is 16.3 Å². The van der Waals surface area contributed by atoms with Crippen LogP contribution in [0, 0.1) is 29.5 Å². The van der Waals surface area contributed by atoms with Gasteiger partial charge in [0.1, 0.15) is 23.3 Å². The summed E-state index contributed by atoms with van der Waals surface area (Å²) in [5.41, 5.74) is 7.58. The van der Waals surface area contributed by atoms with Crippen LogP contribution in [0.4, 0.5) is 10.2 Å². The topological polar surface area (TPSA) is 73.1 Å². The summed E-state index contributed by atoms with van der Waals surface area (Å²) in [7, 11) is 0. The molecule has 1 aromatic carbocycles. The van der Waals surface area contributed by atoms with Crippen LogP contribution >= 0.6 is 22.9 Å². The van der Waals surface area contributed by atoms with Crippen LogP contribution in [-0.4, -0.2) is 47.0 Å². The Labute approximate surface area is 229 Å². The number of fused-ring (bicyclic) bond motifs is 1. The molecule has 6 nitrogen and oxygen atoms in total. The fraction of sp³-hybridized carbons (Fsp3) is 0.310. The second kappa shape index (κ2) is 9.33. The predicted molar refractivity (Wildman–Crippen MR) is 148 cm³/mol. The lowest BCUT2D eigenvalue weighted by Gasteiger charge is -2.47. The van der Waals surface area contributed by atoms with Crippen LogP contribution in [0.3, 0.4) is 0 Å². The first-order valence-corrected chi connectivity index (χ1v) is 13.8. The van der Waals surface area contributed by atoms with Gasteiger partial charge in [0, 0.05) is 42.7 Å². The average Bonchev–Trinajstić information content (AvgIpc) is 3.53. The number of aromatic nitrogens is 2. The highest BCUT2D eigenvalue weighted by Gasteiger charge is 2.49. The zero-order valence-electron chi connectivity index (χ0n) is 20.9. The smallest absolute Gasteiger partial charge is 0.245 e. The molecule has 2 aliphatic heterocycles. The minimum Gasteiger partial charge on any atom is -0.355 e. The molecule has 9 heteroatoms. The fourth-order valence-electron chi connectivity index (χ4n) is 6.03. The standard InChI is InChI=1S/C29H25ClFN5OS/c1-3-25(37)36-14-29(15-36)8-9-35(13-29)28-22(12-32)26(20-7-5-19(31)11-23(20)30)21-6-4-18(10-24(21)34-28)27-17(2)33-16-38-27/h3,5,7,10-11,16H,1,4,6,8-9,13-15H2,2H3. The molecule has 3 aromatic rings. The number of likely N-dealkylation sites (tertiary alicyclic amines) is 1. The Kier molecular flexibility index (Phi) is 6.09. The number of allylic oxidation sites excluding steroid dienone is 1. The number of nitriles is 1. The molecule has 2 aromatic heterocycles. The molecule has 38 heavy (non-hydrogen) atoms. The van der Waals surface area contributed by atoms with Crippen molar-refractivity contribution < 1.29 is 9.18 Å². The zero-order chi connectivity index (χ0) is 26.6. The van der Waals surface area contributed by atoms with E-state index in [0.717, 1.165) is 46.8 Å². The lowest BCUT2D eigenvalue weighted by atomic mass is 9.79. The van der Waals surface area contributed by atoms with Crippen molar-refractivity contribution in [2.75, 3.05) is 31.1 Å². The largest absolute Gasteiger partial charge is 0.355 e. The zero-order valence-corrected chi connectivity index (χ0v) is 22.5. The van der Waals surface area contributed by atoms with Crippen molar-refractivity contribution in [1.29, 1.82) is 5.26 Å². The number of pyridine rings is 1. The molecule has 2 fully saturated rings. The van der Waals surface area contributed by atoms with Crippen molar-refractivity contribution in [3.05, 3.63) is 74.6 Å². The normalized spacial score (nSPS) is 17.6. The minimum atomic E-state index is -0.423. The van der Waals surface area contributed by atoms with Gasteiger partial charge in [-0.3, -0.25) is 4.79 Å². The van der Waals surface area contributed by atoms with Crippen molar-refractivity contribution in [1.82, 2.24) is 14.9 Å². The number of amides is 1. The third-order valence-electron chi connectivity index (χ3n) is 7.89. The van der Waals surface area contributed by atoms with E-state index >= 15 is 0 Å². The number of rotatable bonds is 4. The molecule has 0 atom stereocenters. The summed E-state index contributed by atoms with van der Waals surface area (Å²) in [4.78, 5) is 26.7. The van der Waals surface area contributed by atoms with Gasteiger partial charge in [0.05, 0.1) is 26.8 Å². The molecule has 3 aliphatic rings. The second-order valence-corrected chi connectivity index (χ2v) is 11.6. The van der Waals surface area contributed by atoms with Gasteiger partial charge < -0.3 is 9.80 Å². The van der Waals surface area contributed by atoms with E-state index in [1.165, 1.54) is 23.8 Å². The molecule has 192 valence electrons. The number of carbonyl (C=O) groups is 1. The molecule has 1 amide bonds. The predicted octanol–water partition coefficient (Wildman–Crippen LogP) is 5.89. The first-order chi connectivity index (χ1) is 18.3. The molecular weight excluding hydrogens is 521 g/mol. The molecule has 0 radical (unpaired) electrons. The number of hydrogen-bond acceptors (Lipinski definition) is 6. The van der Waals surface area contributed by atoms with Crippen molar-refractivity contribution in [2.24, 2.45) is 5.41 Å². The van der Waals surface area contributed by atoms with Gasteiger partial charge in [0.25, 0.3) is 0 Å². The first-order valence-electron chi connectivity index (χ1n) is 12.5. The van der Waals surface area contributed by atoms with E-state index in [2.05, 4.69) is 28.6 Å². The van der Waals surface area contributed by atoms with Gasteiger partial charge in [0.15, 0.2) is 0 Å². The van der Waals surface area contributed by atoms with Crippen molar-refractivity contribution >= 4 is 46.3 Å². The number of hydrogen-bond donors (Lipinski definition) is 0. The molecule has 1 aliphatic carbocycles. The molecule has 0 N–H and O–H groups in total. The van der Waals surface area contributed by atoms with E-state index in [1.54, 1.807) is 22.3 Å². The number of halogens is 2. The van der Waals surface area contributed by atoms with Crippen molar-refractivity contribution in [3.63, 3.8) is 0 Å². The van der Waals surface area contributed by atoms with Crippen LogP contribution in [0.1, 0.15) is 40.2 Å². The van der Waals surface area contributed by atoms with Crippen molar-refractivity contribution in [2.45, 2.75) is 26.2 Å². The Balaban J connectivity index is 1.48. The van der Waals surface area contributed by atoms with E-state index in [0.29, 0.717) is 43.0 Å². The van der Waals surface area contributed by atoms with Crippen LogP contribution in [0.25, 0.3) is 22.8 Å². The lowest BCUT2D eigenvalue weighted by molar-refractivity contribution is -0.136. The Morgan fingerprint density at radius 1 is 1.32 bits per heavy atom. The van der Waals surface area contributed by atoms with E-state index in [9.17, 15) is 14.4 Å². The van der Waals surface area contributed by atoms with E-state index < -0.39 is 5.82 Å². The van der Waals surface area contributed by atoms with Crippen LogP contribution < -0.4 is 4.90 Å². The Bertz CT molecular complexity index is 1570. The number of anilines is 1. The average molecular weight is 546 g/mol. The van der Waals surface area contributed by atoms with Gasteiger partial charge >= 0.3 is 0 Å². The molecule has 0 saturated carbocycles. The molecule has 2 saturated heterocycles. The van der Waals surface area contributed by atoms with Gasteiger partial charge in [-0.1, -0.05) is 18.2 Å². The molecule has 4 heterocycles. The summed E-state index contributed by atoms with van der Waals surface area (Å²) in [6.07, 6.45) is 5.83. The Hall–Kier alpha value is -3.54. The Morgan fingerprint density at radius 2 is 2.13 bits per heavy atom. The maximum absolute atomic E-state index is 14.0. The quantitative estimate of drug-likeness (QED) is 0.382. The van der Waals surface area contributed by atoms with Crippen LogP contribution in [-0.2, 0) is 11.2 Å². The van der Waals surface area contributed by atoms with Gasteiger partial charge in [-0.25, -0.2) is 14.4 Å². The summed E-state index contributed by atoms with van der Waals surface area (Å²) in [5, 5.41) is 10.7. The number of benzene rings is 1. The SMILES string of the molecule is C=CC(=O)N1CC2(CCN(c3nc4c(c(-c5ccc(F)cc5Cl)c3C#N)CCC(c3scnc3C)=C4)C2)C1. The van der Waals surface area contributed by atoms with Crippen molar-refractivity contribution in [3.8, 4) is 17.2 Å². The van der Waals surface area contributed by atoms with Crippen LogP contribution in [0.5, 0.6) is 0 Å². The number of nitrogens with zero attached hydrogens (tertiary/aromatic N) is 5. The summed E-state index contributed by atoms with van der Waals surface area (Å²) in [6.45, 7) is 8.39. The maximum atomic E-state index is 14.0. The van der Waals surface area contributed by atoms with Crippen LogP contribution in [0.2, 0.25) is 5.02 Å². The summed E-state index contributed by atoms with van der Waals surface area (Å²) >= 11 is 8.18. The highest BCUT2D eigenvalue weighted by Crippen LogP contribution is 2.46. The second-order valence-electron chi connectivity index (χ2n) is 10.3. The molecule has 6 rings (SSSR count). The number of carbonyl (C=O) groups excluding carboxylic acids is 1. The third-order valence-corrected chi connectivity index (χ3v) is 9.21. The molecular formula is C29H25ClFN5OS. The summed E-state index contributed by atoms with van der Waals surface area (Å²) in [5.74, 6) is 0.141. The minimum absolute atomic E-state index is 0.0165. The Morgan fingerprint density at radius 3 is 2.82 bits per heavy atom. The lowest BCUT2D eigenvalue weighted by Crippen LogP contribution is -2.59.